The highest BCUT2D eigenvalue weighted by molar-refractivity contribution is 5.99. The van der Waals surface area contributed by atoms with Gasteiger partial charge in [-0.3, -0.25) is 14.4 Å². The van der Waals surface area contributed by atoms with E-state index in [0.29, 0.717) is 13.0 Å². The minimum atomic E-state index is -1.34. The fourth-order valence-corrected chi connectivity index (χ4v) is 7.45. The molecule has 1 spiro atoms. The van der Waals surface area contributed by atoms with Gasteiger partial charge in [0.15, 0.2) is 0 Å². The van der Waals surface area contributed by atoms with E-state index in [0.717, 1.165) is 6.42 Å². The van der Waals surface area contributed by atoms with E-state index in [2.05, 4.69) is 34.6 Å². The molecule has 6 atom stereocenters. The van der Waals surface area contributed by atoms with Crippen LogP contribution in [-0.4, -0.2) is 81.3 Å². The van der Waals surface area contributed by atoms with Crippen LogP contribution < -0.4 is 0 Å². The lowest BCUT2D eigenvalue weighted by molar-refractivity contribution is -0.162. The van der Waals surface area contributed by atoms with Gasteiger partial charge in [-0.1, -0.05) is 52.8 Å². The number of nitrogens with zero attached hydrogens (tertiary/aromatic N) is 2. The third-order valence-electron chi connectivity index (χ3n) is 8.29. The molecule has 37 heavy (non-hydrogen) atoms. The molecule has 8 heteroatoms. The molecule has 0 aromatic heterocycles. The Hall–Kier alpha value is -2.19. The number of amides is 2. The molecule has 0 saturated carbocycles. The van der Waals surface area contributed by atoms with Crippen LogP contribution in [-0.2, 0) is 23.9 Å². The average molecular weight is 517 g/mol. The number of rotatable bonds is 6. The van der Waals surface area contributed by atoms with Crippen molar-refractivity contribution in [1.29, 1.82) is 0 Å². The van der Waals surface area contributed by atoms with Gasteiger partial charge in [0.05, 0.1) is 24.2 Å². The van der Waals surface area contributed by atoms with Gasteiger partial charge < -0.3 is 24.4 Å². The maximum atomic E-state index is 14.6. The number of fused-ring (bicyclic) bond motifs is 2. The van der Waals surface area contributed by atoms with Gasteiger partial charge in [0.2, 0.25) is 11.8 Å². The van der Waals surface area contributed by atoms with Crippen LogP contribution in [0.2, 0.25) is 0 Å². The number of hydrogen-bond acceptors (Lipinski definition) is 6. The van der Waals surface area contributed by atoms with Crippen LogP contribution in [0.5, 0.6) is 0 Å². The van der Waals surface area contributed by atoms with E-state index in [-0.39, 0.29) is 36.4 Å². The Balaban J connectivity index is 1.88. The lowest BCUT2D eigenvalue weighted by Gasteiger charge is -2.46. The number of carbonyl (C=O) groups excluding carboxylic acids is 3. The van der Waals surface area contributed by atoms with E-state index in [1.807, 2.05) is 30.9 Å². The maximum Gasteiger partial charge on any atom is 0.313 e. The van der Waals surface area contributed by atoms with Crippen molar-refractivity contribution in [2.45, 2.75) is 97.1 Å². The van der Waals surface area contributed by atoms with Crippen molar-refractivity contribution in [3.63, 3.8) is 0 Å². The highest BCUT2D eigenvalue weighted by Crippen LogP contribution is 2.58. The number of cyclic esters (lactones) is 1. The van der Waals surface area contributed by atoms with Gasteiger partial charge >= 0.3 is 5.97 Å². The summed E-state index contributed by atoms with van der Waals surface area (Å²) in [5, 5.41) is 10.4. The molecule has 1 unspecified atom stereocenters. The van der Waals surface area contributed by atoms with Gasteiger partial charge in [0.25, 0.3) is 0 Å². The number of likely N-dealkylation sites (tertiary alicyclic amines) is 1. The number of ether oxygens (including phenoxy) is 2. The molecule has 4 aliphatic heterocycles. The number of carbonyl (C=O) groups is 3. The topological polar surface area (TPSA) is 96.4 Å². The molecule has 8 nitrogen and oxygen atoms in total. The molecular formula is C29H44N2O6. The van der Waals surface area contributed by atoms with Crippen molar-refractivity contribution in [3.8, 4) is 0 Å². The Morgan fingerprint density at radius 2 is 1.73 bits per heavy atom. The predicted octanol–water partition coefficient (Wildman–Crippen LogP) is 3.09. The van der Waals surface area contributed by atoms with Gasteiger partial charge in [-0.25, -0.2) is 0 Å². The molecule has 1 N–H and O–H groups in total. The van der Waals surface area contributed by atoms with Crippen molar-refractivity contribution < 1.29 is 29.0 Å². The largest absolute Gasteiger partial charge is 0.461 e. The van der Waals surface area contributed by atoms with Crippen molar-refractivity contribution in [1.82, 2.24) is 9.80 Å². The van der Waals surface area contributed by atoms with E-state index < -0.39 is 46.6 Å². The molecule has 2 fully saturated rings. The van der Waals surface area contributed by atoms with Gasteiger partial charge in [-0.2, -0.15) is 0 Å². The van der Waals surface area contributed by atoms with E-state index >= 15 is 0 Å². The molecule has 0 aromatic carbocycles. The molecule has 0 bridgehead atoms. The Morgan fingerprint density at radius 1 is 1.05 bits per heavy atom. The standard InChI is InChI=1S/C29H44N2O6/c1-18(2)15-19(16-32)31-22-24(34)30(27(6,7)17-26(3,4)5)13-9-12-29(22)20(23(31)33)21-25(35)36-14-10-11-28(21,8)37-29/h9-12,18-22,32H,13-17H2,1-8H3/t19-,20+,21-,22?,28+,29+/m1/s1. The summed E-state index contributed by atoms with van der Waals surface area (Å²) in [6.45, 7) is 16.6. The highest BCUT2D eigenvalue weighted by atomic mass is 16.6. The highest BCUT2D eigenvalue weighted by Gasteiger charge is 2.75. The first kappa shape index (κ1) is 27.8. The predicted molar refractivity (Wildman–Crippen MR) is 139 cm³/mol. The molecule has 0 aliphatic carbocycles. The summed E-state index contributed by atoms with van der Waals surface area (Å²) in [6, 6.07) is -1.57. The van der Waals surface area contributed by atoms with Crippen LogP contribution >= 0.6 is 0 Å². The lowest BCUT2D eigenvalue weighted by atomic mass is 9.74. The summed E-state index contributed by atoms with van der Waals surface area (Å²) in [7, 11) is 0. The quantitative estimate of drug-likeness (QED) is 0.431. The molecule has 4 rings (SSSR count). The van der Waals surface area contributed by atoms with Crippen LogP contribution in [0.4, 0.5) is 0 Å². The van der Waals surface area contributed by atoms with E-state index in [9.17, 15) is 19.5 Å². The zero-order valence-corrected chi connectivity index (χ0v) is 23.6. The number of aliphatic hydroxyl groups is 1. The zero-order chi connectivity index (χ0) is 27.6. The smallest absolute Gasteiger partial charge is 0.313 e. The van der Waals surface area contributed by atoms with Gasteiger partial charge in [0, 0.05) is 12.1 Å². The first-order chi connectivity index (χ1) is 17.1. The monoisotopic (exact) mass is 516 g/mol. The van der Waals surface area contributed by atoms with E-state index in [4.69, 9.17) is 9.47 Å². The lowest BCUT2D eigenvalue weighted by Crippen LogP contribution is -2.62. The molecule has 206 valence electrons. The van der Waals surface area contributed by atoms with Crippen molar-refractivity contribution >= 4 is 17.8 Å². The molecule has 2 saturated heterocycles. The molecule has 2 amide bonds. The maximum absolute atomic E-state index is 14.6. The van der Waals surface area contributed by atoms with Gasteiger partial charge in [0.1, 0.15) is 24.2 Å². The summed E-state index contributed by atoms with van der Waals surface area (Å²) >= 11 is 0. The zero-order valence-electron chi connectivity index (χ0n) is 23.6. The normalized spacial score (nSPS) is 34.8. The average Bonchev–Trinajstić information content (AvgIpc) is 3.01. The second-order valence-electron chi connectivity index (χ2n) is 13.6. The van der Waals surface area contributed by atoms with Crippen LogP contribution in [0.15, 0.2) is 24.3 Å². The Bertz CT molecular complexity index is 1010. The Labute approximate surface area is 221 Å². The SMILES string of the molecule is CC(C)C[C@H](CO)N1C(=O)[C@@H]2[C@@H]3C(=O)OCC=C[C@]3(C)O[C@@]23C=CCN(C(C)(C)CC(C)(C)C)C(=O)C13. The van der Waals surface area contributed by atoms with E-state index in [1.54, 1.807) is 24.0 Å². The summed E-state index contributed by atoms with van der Waals surface area (Å²) < 4.78 is 12.2. The second kappa shape index (κ2) is 9.23. The number of hydrogen-bond donors (Lipinski definition) is 1. The van der Waals surface area contributed by atoms with Gasteiger partial charge in [-0.15, -0.1) is 0 Å². The Morgan fingerprint density at radius 3 is 2.32 bits per heavy atom. The van der Waals surface area contributed by atoms with Crippen LogP contribution in [0.25, 0.3) is 0 Å². The van der Waals surface area contributed by atoms with Crippen molar-refractivity contribution in [2.24, 2.45) is 23.2 Å². The Kier molecular flexibility index (Phi) is 6.94. The van der Waals surface area contributed by atoms with Crippen LogP contribution in [0.1, 0.15) is 68.2 Å². The number of esters is 1. The molecule has 4 aliphatic rings. The van der Waals surface area contributed by atoms with Crippen molar-refractivity contribution in [3.05, 3.63) is 24.3 Å². The molecule has 4 heterocycles. The second-order valence-corrected chi connectivity index (χ2v) is 13.6. The van der Waals surface area contributed by atoms with E-state index in [1.165, 1.54) is 0 Å². The minimum absolute atomic E-state index is 0.0322. The first-order valence-corrected chi connectivity index (χ1v) is 13.5. The third-order valence-corrected chi connectivity index (χ3v) is 8.29. The fraction of sp³-hybridized carbons (Fsp3) is 0.759. The van der Waals surface area contributed by atoms with Crippen LogP contribution in [0, 0.1) is 23.2 Å². The first-order valence-electron chi connectivity index (χ1n) is 13.5. The fourth-order valence-electron chi connectivity index (χ4n) is 7.45. The van der Waals surface area contributed by atoms with Crippen LogP contribution in [0.3, 0.4) is 0 Å². The summed E-state index contributed by atoms with van der Waals surface area (Å²) in [6.07, 6.45) is 8.57. The minimum Gasteiger partial charge on any atom is -0.461 e. The third kappa shape index (κ3) is 4.54. The molecule has 0 radical (unpaired) electrons. The van der Waals surface area contributed by atoms with Gasteiger partial charge in [-0.05, 0) is 51.0 Å². The number of aliphatic hydroxyl groups excluding tert-OH is 1. The summed E-state index contributed by atoms with van der Waals surface area (Å²) in [5.41, 5.74) is -2.97. The van der Waals surface area contributed by atoms with Crippen molar-refractivity contribution in [2.75, 3.05) is 19.8 Å². The summed E-state index contributed by atoms with van der Waals surface area (Å²) in [5.74, 6) is -2.68. The molecular weight excluding hydrogens is 472 g/mol. The summed E-state index contributed by atoms with van der Waals surface area (Å²) in [4.78, 5) is 45.6. The molecule has 0 aromatic rings.